The number of fused-ring (bicyclic) bond motifs is 1. The van der Waals surface area contributed by atoms with E-state index in [4.69, 9.17) is 4.74 Å². The van der Waals surface area contributed by atoms with Gasteiger partial charge in [-0.1, -0.05) is 18.2 Å². The van der Waals surface area contributed by atoms with Gasteiger partial charge in [0.15, 0.2) is 6.10 Å². The molecule has 0 saturated carbocycles. The van der Waals surface area contributed by atoms with Gasteiger partial charge in [0.25, 0.3) is 5.91 Å². The molecule has 18 heavy (non-hydrogen) atoms. The van der Waals surface area contributed by atoms with Gasteiger partial charge in [-0.25, -0.2) is 0 Å². The molecule has 0 bridgehead atoms. The van der Waals surface area contributed by atoms with E-state index in [0.29, 0.717) is 5.56 Å². The number of amides is 1. The number of ether oxygens (including phenoxy) is 1. The van der Waals surface area contributed by atoms with Crippen molar-refractivity contribution in [3.05, 3.63) is 42.0 Å². The van der Waals surface area contributed by atoms with Crippen molar-refractivity contribution < 1.29 is 14.6 Å². The zero-order valence-electron chi connectivity index (χ0n) is 10.3. The summed E-state index contributed by atoms with van der Waals surface area (Å²) in [6, 6.07) is 11.0. The highest BCUT2D eigenvalue weighted by molar-refractivity contribution is 5.87. The van der Waals surface area contributed by atoms with E-state index in [9.17, 15) is 9.90 Å². The van der Waals surface area contributed by atoms with E-state index in [-0.39, 0.29) is 0 Å². The number of rotatable bonds is 3. The molecule has 0 saturated heterocycles. The van der Waals surface area contributed by atoms with Crippen molar-refractivity contribution in [3.63, 3.8) is 0 Å². The van der Waals surface area contributed by atoms with Gasteiger partial charge in [-0.15, -0.1) is 0 Å². The zero-order chi connectivity index (χ0) is 13.1. The number of aliphatic hydroxyl groups excluding tert-OH is 1. The third-order valence-corrected chi connectivity index (χ3v) is 2.88. The van der Waals surface area contributed by atoms with E-state index in [0.717, 1.165) is 16.5 Å². The van der Waals surface area contributed by atoms with Gasteiger partial charge in [0.1, 0.15) is 5.75 Å². The standard InChI is InChI=1S/C14H15NO3/c1-15-14(17)13(16)11-4-3-10-8-12(18-2)6-5-9(10)7-11/h3-8,13,16H,1-2H3,(H,15,17). The van der Waals surface area contributed by atoms with Crippen LogP contribution in [0, 0.1) is 0 Å². The average molecular weight is 245 g/mol. The second-order valence-corrected chi connectivity index (χ2v) is 3.99. The summed E-state index contributed by atoms with van der Waals surface area (Å²) in [5, 5.41) is 14.2. The average Bonchev–Trinajstić information content (AvgIpc) is 2.44. The minimum atomic E-state index is -1.14. The first-order chi connectivity index (χ1) is 8.65. The molecule has 0 aliphatic rings. The van der Waals surface area contributed by atoms with Crippen molar-refractivity contribution in [2.24, 2.45) is 0 Å². The van der Waals surface area contributed by atoms with Crippen LogP contribution in [0.4, 0.5) is 0 Å². The van der Waals surface area contributed by atoms with Crippen LogP contribution in [-0.2, 0) is 4.79 Å². The van der Waals surface area contributed by atoms with Crippen molar-refractivity contribution in [1.82, 2.24) is 5.32 Å². The topological polar surface area (TPSA) is 58.6 Å². The predicted octanol–water partition coefficient (Wildman–Crippen LogP) is 1.63. The van der Waals surface area contributed by atoms with E-state index in [1.54, 1.807) is 19.2 Å². The summed E-state index contributed by atoms with van der Waals surface area (Å²) in [6.07, 6.45) is -1.14. The Kier molecular flexibility index (Phi) is 3.48. The summed E-state index contributed by atoms with van der Waals surface area (Å²) in [7, 11) is 3.11. The van der Waals surface area contributed by atoms with E-state index >= 15 is 0 Å². The van der Waals surface area contributed by atoms with Crippen LogP contribution in [0.25, 0.3) is 10.8 Å². The quantitative estimate of drug-likeness (QED) is 0.864. The lowest BCUT2D eigenvalue weighted by molar-refractivity contribution is -0.129. The van der Waals surface area contributed by atoms with Crippen LogP contribution in [0.2, 0.25) is 0 Å². The number of nitrogens with one attached hydrogen (secondary N) is 1. The van der Waals surface area contributed by atoms with Crippen LogP contribution < -0.4 is 10.1 Å². The fourth-order valence-corrected chi connectivity index (χ4v) is 1.83. The molecule has 0 aromatic heterocycles. The fraction of sp³-hybridized carbons (Fsp3) is 0.214. The Hall–Kier alpha value is -2.07. The number of carbonyl (C=O) groups is 1. The molecular formula is C14H15NO3. The van der Waals surface area contributed by atoms with Gasteiger partial charge in [0.05, 0.1) is 7.11 Å². The molecule has 94 valence electrons. The minimum absolute atomic E-state index is 0.414. The van der Waals surface area contributed by atoms with Gasteiger partial charge >= 0.3 is 0 Å². The largest absolute Gasteiger partial charge is 0.497 e. The molecule has 2 N–H and O–H groups in total. The number of methoxy groups -OCH3 is 1. The monoisotopic (exact) mass is 245 g/mol. The molecule has 0 heterocycles. The van der Waals surface area contributed by atoms with E-state index in [1.165, 1.54) is 7.05 Å². The molecule has 0 spiro atoms. The summed E-state index contributed by atoms with van der Waals surface area (Å²) < 4.78 is 5.14. The highest BCUT2D eigenvalue weighted by atomic mass is 16.5. The molecule has 0 radical (unpaired) electrons. The number of likely N-dealkylation sites (N-methyl/N-ethyl adjacent to an activating group) is 1. The second-order valence-electron chi connectivity index (χ2n) is 3.99. The number of benzene rings is 2. The predicted molar refractivity (Wildman–Crippen MR) is 69.5 cm³/mol. The molecule has 2 aromatic carbocycles. The van der Waals surface area contributed by atoms with Gasteiger partial charge in [-0.2, -0.15) is 0 Å². The number of hydrogen-bond acceptors (Lipinski definition) is 3. The van der Waals surface area contributed by atoms with Gasteiger partial charge < -0.3 is 15.2 Å². The SMILES string of the molecule is CNC(=O)C(O)c1ccc2cc(OC)ccc2c1. The molecule has 0 aliphatic heterocycles. The maximum atomic E-state index is 11.4. The first-order valence-electron chi connectivity index (χ1n) is 5.63. The van der Waals surface area contributed by atoms with E-state index in [1.807, 2.05) is 24.3 Å². The lowest BCUT2D eigenvalue weighted by atomic mass is 10.0. The van der Waals surface area contributed by atoms with Crippen molar-refractivity contribution in [2.45, 2.75) is 6.10 Å². The van der Waals surface area contributed by atoms with Crippen LogP contribution in [0.3, 0.4) is 0 Å². The van der Waals surface area contributed by atoms with Crippen molar-refractivity contribution in [1.29, 1.82) is 0 Å². The third-order valence-electron chi connectivity index (χ3n) is 2.88. The summed E-state index contributed by atoms with van der Waals surface area (Å²) in [6.45, 7) is 0. The van der Waals surface area contributed by atoms with E-state index in [2.05, 4.69) is 5.32 Å². The summed E-state index contributed by atoms with van der Waals surface area (Å²) in [5.41, 5.74) is 0.576. The van der Waals surface area contributed by atoms with Crippen LogP contribution in [0.15, 0.2) is 36.4 Å². The Morgan fingerprint density at radius 2 is 1.89 bits per heavy atom. The second kappa shape index (κ2) is 5.06. The smallest absolute Gasteiger partial charge is 0.253 e. The van der Waals surface area contributed by atoms with Gasteiger partial charge in [-0.05, 0) is 34.5 Å². The first kappa shape index (κ1) is 12.4. The number of carbonyl (C=O) groups excluding carboxylic acids is 1. The molecule has 2 rings (SSSR count). The maximum absolute atomic E-state index is 11.4. The lowest BCUT2D eigenvalue weighted by Crippen LogP contribution is -2.25. The molecule has 4 heteroatoms. The van der Waals surface area contributed by atoms with Crippen LogP contribution in [0.5, 0.6) is 5.75 Å². The van der Waals surface area contributed by atoms with Crippen LogP contribution in [-0.4, -0.2) is 25.2 Å². The summed E-state index contributed by atoms with van der Waals surface area (Å²) in [4.78, 5) is 11.4. The molecular weight excluding hydrogens is 230 g/mol. The van der Waals surface area contributed by atoms with Gasteiger partial charge in [0, 0.05) is 7.05 Å². The lowest BCUT2D eigenvalue weighted by Gasteiger charge is -2.10. The Labute approximate surface area is 105 Å². The molecule has 0 aliphatic carbocycles. The minimum Gasteiger partial charge on any atom is -0.497 e. The van der Waals surface area contributed by atoms with Crippen LogP contribution >= 0.6 is 0 Å². The van der Waals surface area contributed by atoms with Gasteiger partial charge in [0.2, 0.25) is 0 Å². The zero-order valence-corrected chi connectivity index (χ0v) is 10.3. The maximum Gasteiger partial charge on any atom is 0.253 e. The molecule has 4 nitrogen and oxygen atoms in total. The molecule has 1 amide bonds. The van der Waals surface area contributed by atoms with Crippen molar-refractivity contribution in [3.8, 4) is 5.75 Å². The highest BCUT2D eigenvalue weighted by Gasteiger charge is 2.15. The number of aliphatic hydroxyl groups is 1. The Morgan fingerprint density at radius 3 is 2.56 bits per heavy atom. The van der Waals surface area contributed by atoms with Crippen molar-refractivity contribution in [2.75, 3.05) is 14.2 Å². The molecule has 1 atom stereocenters. The molecule has 1 unspecified atom stereocenters. The number of hydrogen-bond donors (Lipinski definition) is 2. The summed E-state index contributed by atoms with van der Waals surface area (Å²) >= 11 is 0. The fourth-order valence-electron chi connectivity index (χ4n) is 1.83. The third kappa shape index (κ3) is 2.28. The highest BCUT2D eigenvalue weighted by Crippen LogP contribution is 2.24. The van der Waals surface area contributed by atoms with E-state index < -0.39 is 12.0 Å². The summed E-state index contributed by atoms with van der Waals surface area (Å²) in [5.74, 6) is 0.366. The Bertz CT molecular complexity index is 580. The normalized spacial score (nSPS) is 12.2. The molecule has 0 fully saturated rings. The Morgan fingerprint density at radius 1 is 1.22 bits per heavy atom. The first-order valence-corrected chi connectivity index (χ1v) is 5.63. The molecule has 2 aromatic rings. The van der Waals surface area contributed by atoms with Crippen molar-refractivity contribution >= 4 is 16.7 Å². The van der Waals surface area contributed by atoms with Crippen LogP contribution in [0.1, 0.15) is 11.7 Å². The Balaban J connectivity index is 2.42. The van der Waals surface area contributed by atoms with Gasteiger partial charge in [-0.3, -0.25) is 4.79 Å².